The Morgan fingerprint density at radius 1 is 0.928 bits per heavy atom. The summed E-state index contributed by atoms with van der Waals surface area (Å²) in [7, 11) is -4.46. The molecule has 1 aromatic heterocycles. The number of pyridine rings is 1. The molecule has 21 nitrogen and oxygen atoms in total. The van der Waals surface area contributed by atoms with E-state index in [2.05, 4.69) is 20.5 Å². The van der Waals surface area contributed by atoms with Crippen LogP contribution < -0.4 is 24.8 Å². The van der Waals surface area contributed by atoms with E-state index in [0.717, 1.165) is 12.8 Å². The lowest BCUT2D eigenvalue weighted by Gasteiger charge is -2.35. The molecule has 2 aromatic rings. The number of hydrogen-bond donors (Lipinski definition) is 3. The number of aromatic nitrogens is 1. The quantitative estimate of drug-likeness (QED) is 0.142. The number of carbonyl (C=O) groups excluding carboxylic acids is 7. The van der Waals surface area contributed by atoms with Gasteiger partial charge in [-0.05, 0) is 96.1 Å². The number of hydrogen-bond acceptors (Lipinski definition) is 16. The zero-order valence-electron chi connectivity index (χ0n) is 40.1. The molecule has 378 valence electrons. The fourth-order valence-corrected chi connectivity index (χ4v) is 9.46. The third kappa shape index (κ3) is 12.3. The van der Waals surface area contributed by atoms with E-state index in [0.29, 0.717) is 65.4 Å². The zero-order chi connectivity index (χ0) is 50.5. The fourth-order valence-electron chi connectivity index (χ4n) is 8.09. The second-order valence-corrected chi connectivity index (χ2v) is 22.1. The lowest BCUT2D eigenvalue weighted by molar-refractivity contribution is -0.179. The summed E-state index contributed by atoms with van der Waals surface area (Å²) in [6.07, 6.45) is 2.41. The Hall–Kier alpha value is -5.48. The van der Waals surface area contributed by atoms with Crippen LogP contribution in [0.1, 0.15) is 126 Å². The lowest BCUT2D eigenvalue weighted by Crippen LogP contribution is -2.60. The largest absolute Gasteiger partial charge is 0.534 e. The van der Waals surface area contributed by atoms with Crippen molar-refractivity contribution in [2.24, 2.45) is 11.3 Å². The minimum Gasteiger partial charge on any atom is -0.488 e. The highest BCUT2D eigenvalue weighted by Crippen LogP contribution is 2.47. The smallest absolute Gasteiger partial charge is 0.488 e. The topological polar surface area (TPSA) is 264 Å². The number of halogens is 1. The molecule has 23 heteroatoms. The van der Waals surface area contributed by atoms with Gasteiger partial charge in [-0.15, -0.1) is 0 Å². The molecular weight excluding hydrogens is 944 g/mol. The predicted octanol–water partition coefficient (Wildman–Crippen LogP) is 5.30. The van der Waals surface area contributed by atoms with Crippen LogP contribution in [0.25, 0.3) is 10.9 Å². The van der Waals surface area contributed by atoms with E-state index in [-0.39, 0.29) is 44.0 Å². The van der Waals surface area contributed by atoms with Crippen LogP contribution in [0.2, 0.25) is 5.02 Å². The maximum Gasteiger partial charge on any atom is 0.534 e. The number of amides is 6. The first-order valence-electron chi connectivity index (χ1n) is 23.3. The average molecular weight is 1010 g/mol. The molecular formula is C46H61ClN6O15S. The molecule has 2 aliphatic heterocycles. The van der Waals surface area contributed by atoms with Crippen molar-refractivity contribution in [3.05, 3.63) is 29.3 Å². The van der Waals surface area contributed by atoms with Gasteiger partial charge >= 0.3 is 22.6 Å². The summed E-state index contributed by atoms with van der Waals surface area (Å²) in [5.74, 6) is -2.87. The summed E-state index contributed by atoms with van der Waals surface area (Å²) in [6.45, 7) is 14.5. The van der Waals surface area contributed by atoms with Crippen molar-refractivity contribution in [3.8, 4) is 11.6 Å². The third-order valence-corrected chi connectivity index (χ3v) is 14.5. The third-order valence-electron chi connectivity index (χ3n) is 13.1. The number of likely N-dealkylation sites (tertiary alicyclic amines) is 1. The second-order valence-electron chi connectivity index (χ2n) is 20.5. The van der Waals surface area contributed by atoms with E-state index in [4.69, 9.17) is 34.7 Å². The van der Waals surface area contributed by atoms with Crippen molar-refractivity contribution in [1.82, 2.24) is 30.3 Å². The molecule has 6 aliphatic rings. The van der Waals surface area contributed by atoms with E-state index >= 15 is 0 Å². The van der Waals surface area contributed by atoms with Gasteiger partial charge in [0.25, 0.3) is 17.7 Å². The number of nitrogens with one attached hydrogen (secondary N) is 3. The molecule has 6 fully saturated rings. The molecule has 8 rings (SSSR count). The van der Waals surface area contributed by atoms with Gasteiger partial charge < -0.3 is 34.5 Å². The summed E-state index contributed by atoms with van der Waals surface area (Å²) >= 11 is 6.50. The summed E-state index contributed by atoms with van der Waals surface area (Å²) in [4.78, 5) is 99.3. The number of fused-ring (bicyclic) bond motifs is 1. The molecule has 1 aromatic carbocycles. The van der Waals surface area contributed by atoms with Crippen LogP contribution in [-0.2, 0) is 52.8 Å². The van der Waals surface area contributed by atoms with Gasteiger partial charge in [0, 0.05) is 30.7 Å². The van der Waals surface area contributed by atoms with E-state index in [1.54, 1.807) is 58.9 Å². The van der Waals surface area contributed by atoms with Gasteiger partial charge in [-0.25, -0.2) is 23.5 Å². The molecule has 3 heterocycles. The summed E-state index contributed by atoms with van der Waals surface area (Å²) in [5, 5.41) is 7.01. The van der Waals surface area contributed by atoms with Crippen molar-refractivity contribution in [2.45, 2.75) is 167 Å². The van der Waals surface area contributed by atoms with Gasteiger partial charge in [-0.3, -0.25) is 28.8 Å². The monoisotopic (exact) mass is 1000 g/mol. The van der Waals surface area contributed by atoms with Gasteiger partial charge in [-0.2, -0.15) is 8.42 Å². The Balaban J connectivity index is 0.000000397. The van der Waals surface area contributed by atoms with Gasteiger partial charge in [0.1, 0.15) is 40.7 Å². The Bertz CT molecular complexity index is 2510. The molecule has 69 heavy (non-hydrogen) atoms. The molecule has 0 unspecified atom stereocenters. The van der Waals surface area contributed by atoms with Gasteiger partial charge in [0.2, 0.25) is 17.7 Å². The van der Waals surface area contributed by atoms with Crippen LogP contribution >= 0.6 is 11.6 Å². The lowest BCUT2D eigenvalue weighted by atomic mass is 9.85. The van der Waals surface area contributed by atoms with Crippen molar-refractivity contribution < 1.29 is 69.9 Å². The number of benzene rings is 1. The van der Waals surface area contributed by atoms with Gasteiger partial charge in [0.05, 0.1) is 29.3 Å². The maximum absolute atomic E-state index is 14.6. The molecule has 0 spiro atoms. The number of para-hydroxylation sites is 1. The number of nitrogens with zero attached hydrogens (tertiary/aromatic N) is 3. The van der Waals surface area contributed by atoms with Crippen LogP contribution in [0.4, 0.5) is 9.59 Å². The maximum atomic E-state index is 14.6. The predicted molar refractivity (Wildman–Crippen MR) is 244 cm³/mol. The van der Waals surface area contributed by atoms with Crippen molar-refractivity contribution in [1.29, 1.82) is 0 Å². The minimum atomic E-state index is -4.46. The van der Waals surface area contributed by atoms with Crippen LogP contribution in [0.5, 0.6) is 11.6 Å². The van der Waals surface area contributed by atoms with E-state index in [1.807, 2.05) is 25.5 Å². The number of hydroxylamine groups is 2. The van der Waals surface area contributed by atoms with Crippen LogP contribution in [-0.4, -0.2) is 119 Å². The molecule has 6 amide bonds. The van der Waals surface area contributed by atoms with Crippen molar-refractivity contribution in [2.75, 3.05) is 13.2 Å². The first-order valence-corrected chi connectivity index (χ1v) is 25.0. The SMILES string of the molecule is CC1(OC(=O)ON2C(=O)CCC2=O)CC1.CCOc1cc(O[C@@H]2C[C@@H](C(=O)N[C@]3(C(=O)NS(=O)(=O)OC4(C)CC4)C[C@H]3CC)N(C(=O)[C@@H](NC(=O)OC3(C)CC3)C(C)(C)C)C2)c2cccc(Cl)c2n1. The number of rotatable bonds is 16. The molecule has 5 atom stereocenters. The molecule has 0 radical (unpaired) electrons. The van der Waals surface area contributed by atoms with Crippen LogP contribution in [0.15, 0.2) is 24.3 Å². The molecule has 2 saturated heterocycles. The number of carbonyl (C=O) groups is 7. The molecule has 4 aliphatic carbocycles. The highest BCUT2D eigenvalue weighted by atomic mass is 35.5. The summed E-state index contributed by atoms with van der Waals surface area (Å²) < 4.78 is 55.5. The van der Waals surface area contributed by atoms with Crippen molar-refractivity contribution >= 4 is 74.6 Å². The molecule has 3 N–H and O–H groups in total. The number of alkyl carbamates (subject to hydrolysis) is 1. The molecule has 0 bridgehead atoms. The average Bonchev–Trinajstić information content (AvgIpc) is 4.22. The summed E-state index contributed by atoms with van der Waals surface area (Å²) in [5.41, 5.74) is -3.85. The standard InChI is InChI=1S/C37H50ClN5O10S.C9H11NO5/c1-8-21-19-37(21,32(46)42-54(48,49)53-36(7)15-16-36)41-30(44)25-17-22(51-26-18-27(50-9-2)39-28-23(26)11-10-12-24(28)38)20-43(25)31(45)29(34(3,4)5)40-33(47)52-35(6)13-14-35;1-9(4-5-9)14-8(13)15-10-6(11)2-3-7(10)12/h10-12,18,21-22,25,29H,8-9,13-17,19-20H2,1-7H3,(H,40,47)(H,41,44)(H,42,46);2-5H2,1H3/t21-,22-,25+,29-,37-;/m1./s1. The highest BCUT2D eigenvalue weighted by molar-refractivity contribution is 7.85. The minimum absolute atomic E-state index is 0.000437. The Morgan fingerprint density at radius 3 is 2.12 bits per heavy atom. The normalized spacial score (nSPS) is 25.0. The van der Waals surface area contributed by atoms with E-state index in [1.165, 1.54) is 4.90 Å². The van der Waals surface area contributed by atoms with Crippen molar-refractivity contribution in [3.63, 3.8) is 0 Å². The first kappa shape index (κ1) is 51.4. The second kappa shape index (κ2) is 19.0. The summed E-state index contributed by atoms with van der Waals surface area (Å²) in [6, 6.07) is 4.57. The van der Waals surface area contributed by atoms with Crippen LogP contribution in [0.3, 0.4) is 0 Å². The van der Waals surface area contributed by atoms with E-state index < -0.39 is 98.0 Å². The first-order chi connectivity index (χ1) is 32.2. The zero-order valence-corrected chi connectivity index (χ0v) is 41.6. The fraction of sp³-hybridized carbons (Fsp3) is 0.652. The van der Waals surface area contributed by atoms with Crippen LogP contribution in [0, 0.1) is 11.3 Å². The number of ether oxygens (including phenoxy) is 4. The Labute approximate surface area is 405 Å². The van der Waals surface area contributed by atoms with Gasteiger partial charge in [0.15, 0.2) is 0 Å². The van der Waals surface area contributed by atoms with E-state index in [9.17, 15) is 42.0 Å². The van der Waals surface area contributed by atoms with Gasteiger partial charge in [-0.1, -0.05) is 56.8 Å². The Kier molecular flexibility index (Phi) is 14.2. The Morgan fingerprint density at radius 2 is 1.55 bits per heavy atom. The number of imide groups is 1. The highest BCUT2D eigenvalue weighted by Gasteiger charge is 2.62. The molecule has 4 saturated carbocycles.